The molecule has 1 fully saturated rings. The van der Waals surface area contributed by atoms with Gasteiger partial charge in [0.05, 0.1) is 22.9 Å². The van der Waals surface area contributed by atoms with Crippen molar-refractivity contribution in [1.82, 2.24) is 14.8 Å². The van der Waals surface area contributed by atoms with Crippen LogP contribution >= 0.6 is 23.4 Å². The second-order valence-corrected chi connectivity index (χ2v) is 9.30. The van der Waals surface area contributed by atoms with Crippen LogP contribution in [0.25, 0.3) is 5.69 Å². The maximum absolute atomic E-state index is 12.9. The molecule has 2 aliphatic rings. The Balaban J connectivity index is 1.40. The van der Waals surface area contributed by atoms with Crippen molar-refractivity contribution in [3.8, 4) is 5.69 Å². The van der Waals surface area contributed by atoms with Gasteiger partial charge in [-0.15, -0.1) is 10.2 Å². The first-order valence-corrected chi connectivity index (χ1v) is 11.9. The van der Waals surface area contributed by atoms with E-state index < -0.39 is 0 Å². The highest BCUT2D eigenvalue weighted by molar-refractivity contribution is 7.99. The van der Waals surface area contributed by atoms with Gasteiger partial charge in [-0.1, -0.05) is 35.5 Å². The summed E-state index contributed by atoms with van der Waals surface area (Å²) in [7, 11) is 1.75. The maximum atomic E-state index is 12.9. The van der Waals surface area contributed by atoms with E-state index >= 15 is 0 Å². The number of likely N-dealkylation sites (N-methyl/N-ethyl adjacent to an activating group) is 1. The Hall–Kier alpha value is -2.84. The van der Waals surface area contributed by atoms with Crippen molar-refractivity contribution in [2.24, 2.45) is 0 Å². The maximum Gasteiger partial charge on any atom is 0.232 e. The van der Waals surface area contributed by atoms with Crippen molar-refractivity contribution < 1.29 is 9.59 Å². The molecule has 1 amide bonds. The summed E-state index contributed by atoms with van der Waals surface area (Å²) in [6.45, 7) is 1.85. The van der Waals surface area contributed by atoms with Crippen molar-refractivity contribution in [1.29, 1.82) is 0 Å². The molecule has 0 aliphatic carbocycles. The van der Waals surface area contributed by atoms with Gasteiger partial charge in [-0.05, 0) is 48.7 Å². The lowest BCUT2D eigenvalue weighted by atomic mass is 10.1. The number of halogens is 1. The van der Waals surface area contributed by atoms with Crippen LogP contribution in [0.2, 0.25) is 5.02 Å². The fourth-order valence-electron chi connectivity index (χ4n) is 4.18. The Bertz CT molecular complexity index is 1200. The van der Waals surface area contributed by atoms with Crippen LogP contribution in [-0.4, -0.2) is 52.3 Å². The molecule has 2 aliphatic heterocycles. The van der Waals surface area contributed by atoms with E-state index in [1.807, 2.05) is 41.0 Å². The van der Waals surface area contributed by atoms with Gasteiger partial charge in [0.2, 0.25) is 11.9 Å². The zero-order valence-electron chi connectivity index (χ0n) is 17.6. The van der Waals surface area contributed by atoms with E-state index in [1.165, 1.54) is 11.8 Å². The van der Waals surface area contributed by atoms with E-state index in [4.69, 9.17) is 11.6 Å². The number of nitrogens with zero attached hydrogens (tertiary/aromatic N) is 5. The topological polar surface area (TPSA) is 71.3 Å². The predicted molar refractivity (Wildman–Crippen MR) is 126 cm³/mol. The van der Waals surface area contributed by atoms with Crippen LogP contribution in [0, 0.1) is 0 Å². The van der Waals surface area contributed by atoms with E-state index in [0.717, 1.165) is 48.8 Å². The van der Waals surface area contributed by atoms with Gasteiger partial charge >= 0.3 is 0 Å². The van der Waals surface area contributed by atoms with Gasteiger partial charge < -0.3 is 9.80 Å². The highest BCUT2D eigenvalue weighted by Gasteiger charge is 2.26. The third kappa shape index (κ3) is 3.78. The fraction of sp³-hybridized carbons (Fsp3) is 0.304. The molecular weight excluding hydrogens is 446 g/mol. The first-order chi connectivity index (χ1) is 15.5. The minimum Gasteiger partial charge on any atom is -0.341 e. The number of Topliss-reactive ketones (excluding diaryl/α,β-unsaturated/α-hetero) is 1. The first kappa shape index (κ1) is 21.0. The number of para-hydroxylation sites is 1. The highest BCUT2D eigenvalue weighted by Crippen LogP contribution is 2.33. The van der Waals surface area contributed by atoms with Crippen LogP contribution in [0.3, 0.4) is 0 Å². The number of ketones is 1. The van der Waals surface area contributed by atoms with Crippen LogP contribution < -0.4 is 9.80 Å². The fourth-order valence-corrected chi connectivity index (χ4v) is 5.23. The minimum atomic E-state index is -0.0174. The molecule has 0 N–H and O–H groups in total. The third-order valence-corrected chi connectivity index (χ3v) is 7.16. The summed E-state index contributed by atoms with van der Waals surface area (Å²) >= 11 is 7.84. The Labute approximate surface area is 195 Å². The molecule has 0 saturated carbocycles. The molecule has 0 bridgehead atoms. The van der Waals surface area contributed by atoms with Gasteiger partial charge in [-0.2, -0.15) is 0 Å². The summed E-state index contributed by atoms with van der Waals surface area (Å²) in [6.07, 6.45) is 2.57. The number of benzene rings is 2. The predicted octanol–water partition coefficient (Wildman–Crippen LogP) is 4.01. The van der Waals surface area contributed by atoms with Crippen LogP contribution in [0.15, 0.2) is 47.6 Å². The third-order valence-electron chi connectivity index (χ3n) is 5.91. The van der Waals surface area contributed by atoms with Crippen LogP contribution in [0.4, 0.5) is 11.6 Å². The number of thioether (sulfide) groups is 1. The molecule has 164 valence electrons. The number of hydrogen-bond acceptors (Lipinski definition) is 6. The van der Waals surface area contributed by atoms with Crippen LogP contribution in [0.5, 0.6) is 0 Å². The Kier molecular flexibility index (Phi) is 5.65. The van der Waals surface area contributed by atoms with Crippen LogP contribution in [-0.2, 0) is 11.2 Å². The molecule has 9 heteroatoms. The summed E-state index contributed by atoms with van der Waals surface area (Å²) in [4.78, 5) is 28.7. The molecule has 0 spiro atoms. The summed E-state index contributed by atoms with van der Waals surface area (Å²) in [5.74, 6) is 0.993. The SMILES string of the molecule is CN1C(=O)Cc2cc(C(=O)CSc3nnc(N4CCCC4)n3-c3ccccc3Cl)ccc21. The standard InChI is InChI=1S/C23H22ClN5O2S/c1-27-18-9-8-15(12-16(18)13-21(27)31)20(30)14-32-23-26-25-22(28-10-4-5-11-28)29(23)19-7-3-2-6-17(19)24/h2-3,6-9,12H,4-5,10-11,13-14H2,1H3. The molecular formula is C23H22ClN5O2S. The van der Waals surface area contributed by atoms with E-state index in [0.29, 0.717) is 22.2 Å². The van der Waals surface area contributed by atoms with Gasteiger partial charge in [0.15, 0.2) is 10.9 Å². The zero-order chi connectivity index (χ0) is 22.2. The minimum absolute atomic E-state index is 0.0174. The molecule has 0 unspecified atom stereocenters. The number of hydrogen-bond donors (Lipinski definition) is 0. The van der Waals surface area contributed by atoms with Gasteiger partial charge in [-0.3, -0.25) is 14.2 Å². The Morgan fingerprint density at radius 3 is 2.66 bits per heavy atom. The quantitative estimate of drug-likeness (QED) is 0.403. The average Bonchev–Trinajstić information content (AvgIpc) is 3.52. The number of fused-ring (bicyclic) bond motifs is 1. The summed E-state index contributed by atoms with van der Waals surface area (Å²) in [6, 6.07) is 13.0. The normalized spacial score (nSPS) is 15.5. The summed E-state index contributed by atoms with van der Waals surface area (Å²) in [5, 5.41) is 10.1. The zero-order valence-corrected chi connectivity index (χ0v) is 19.2. The number of carbonyl (C=O) groups is 2. The van der Waals surface area contributed by atoms with E-state index in [-0.39, 0.29) is 17.4 Å². The molecule has 2 aromatic carbocycles. The molecule has 0 atom stereocenters. The van der Waals surface area contributed by atoms with Crippen LogP contribution in [0.1, 0.15) is 28.8 Å². The molecule has 1 aromatic heterocycles. The van der Waals surface area contributed by atoms with Crippen molar-refractivity contribution in [2.45, 2.75) is 24.4 Å². The van der Waals surface area contributed by atoms with Crippen molar-refractivity contribution in [3.63, 3.8) is 0 Å². The van der Waals surface area contributed by atoms with E-state index in [1.54, 1.807) is 18.0 Å². The van der Waals surface area contributed by atoms with E-state index in [2.05, 4.69) is 15.1 Å². The molecule has 5 rings (SSSR count). The lowest BCUT2D eigenvalue weighted by molar-refractivity contribution is -0.117. The molecule has 7 nitrogen and oxygen atoms in total. The van der Waals surface area contributed by atoms with Gasteiger partial charge in [-0.25, -0.2) is 0 Å². The number of aromatic nitrogens is 3. The van der Waals surface area contributed by atoms with Crippen molar-refractivity contribution in [3.05, 3.63) is 58.6 Å². The van der Waals surface area contributed by atoms with Crippen molar-refractivity contribution in [2.75, 3.05) is 35.7 Å². The number of rotatable bonds is 6. The molecule has 0 radical (unpaired) electrons. The van der Waals surface area contributed by atoms with Crippen molar-refractivity contribution >= 4 is 46.7 Å². The molecule has 3 heterocycles. The van der Waals surface area contributed by atoms with Gasteiger partial charge in [0, 0.05) is 31.4 Å². The lowest BCUT2D eigenvalue weighted by Gasteiger charge is -2.19. The first-order valence-electron chi connectivity index (χ1n) is 10.5. The highest BCUT2D eigenvalue weighted by atomic mass is 35.5. The second kappa shape index (κ2) is 8.60. The smallest absolute Gasteiger partial charge is 0.232 e. The summed E-state index contributed by atoms with van der Waals surface area (Å²) < 4.78 is 1.95. The molecule has 1 saturated heterocycles. The average molecular weight is 468 g/mol. The number of anilines is 2. The molecule has 3 aromatic rings. The Morgan fingerprint density at radius 1 is 1.09 bits per heavy atom. The second-order valence-electron chi connectivity index (χ2n) is 7.95. The monoisotopic (exact) mass is 467 g/mol. The number of carbonyl (C=O) groups excluding carboxylic acids is 2. The van der Waals surface area contributed by atoms with E-state index in [9.17, 15) is 9.59 Å². The molecule has 32 heavy (non-hydrogen) atoms. The number of amides is 1. The Morgan fingerprint density at radius 2 is 1.88 bits per heavy atom. The largest absolute Gasteiger partial charge is 0.341 e. The lowest BCUT2D eigenvalue weighted by Crippen LogP contribution is -2.22. The summed E-state index contributed by atoms with van der Waals surface area (Å²) in [5.41, 5.74) is 3.16. The van der Waals surface area contributed by atoms with Gasteiger partial charge in [0.1, 0.15) is 0 Å². The van der Waals surface area contributed by atoms with Gasteiger partial charge in [0.25, 0.3) is 0 Å².